The fraction of sp³-hybridized carbons (Fsp3) is 0.500. The van der Waals surface area contributed by atoms with Crippen molar-refractivity contribution in [2.75, 3.05) is 13.1 Å². The normalized spacial score (nSPS) is 26.7. The Hall–Kier alpha value is -1.29. The van der Waals surface area contributed by atoms with Gasteiger partial charge in [-0.2, -0.15) is 0 Å². The molecule has 1 aromatic rings. The molecule has 1 aromatic carbocycles. The van der Waals surface area contributed by atoms with Gasteiger partial charge >= 0.3 is 0 Å². The minimum absolute atomic E-state index is 0.149. The van der Waals surface area contributed by atoms with E-state index in [0.717, 1.165) is 12.1 Å². The lowest BCUT2D eigenvalue weighted by Gasteiger charge is -2.37. The molecule has 0 bridgehead atoms. The third-order valence-corrected chi connectivity index (χ3v) is 4.39. The predicted octanol–water partition coefficient (Wildman–Crippen LogP) is 2.73. The van der Waals surface area contributed by atoms with Crippen molar-refractivity contribution in [3.05, 3.63) is 34.6 Å². The highest BCUT2D eigenvalue weighted by Crippen LogP contribution is 2.38. The maximum Gasteiger partial charge on any atom is 0.192 e. The highest BCUT2D eigenvalue weighted by Gasteiger charge is 2.42. The summed E-state index contributed by atoms with van der Waals surface area (Å²) in [5.74, 6) is 0.895. The van der Waals surface area contributed by atoms with Crippen LogP contribution in [0.2, 0.25) is 5.02 Å². The minimum Gasteiger partial charge on any atom is -0.370 e. The Labute approximate surface area is 117 Å². The lowest BCUT2D eigenvalue weighted by molar-refractivity contribution is 0.217. The molecule has 3 nitrogen and oxygen atoms in total. The van der Waals surface area contributed by atoms with Gasteiger partial charge in [-0.15, -0.1) is 0 Å². The number of guanidine groups is 1. The summed E-state index contributed by atoms with van der Waals surface area (Å²) in [6, 6.07) is 4.87. The van der Waals surface area contributed by atoms with E-state index in [9.17, 15) is 4.39 Å². The molecular formula is C14H17ClFN3. The zero-order valence-electron chi connectivity index (χ0n) is 10.9. The van der Waals surface area contributed by atoms with Crippen LogP contribution in [-0.4, -0.2) is 23.9 Å². The summed E-state index contributed by atoms with van der Waals surface area (Å²) in [6.07, 6.45) is 2.51. The van der Waals surface area contributed by atoms with Gasteiger partial charge in [-0.05, 0) is 43.4 Å². The van der Waals surface area contributed by atoms with Crippen molar-refractivity contribution in [1.29, 1.82) is 0 Å². The highest BCUT2D eigenvalue weighted by molar-refractivity contribution is 6.30. The number of aliphatic imine (C=N–C) groups is 1. The van der Waals surface area contributed by atoms with Gasteiger partial charge in [-0.1, -0.05) is 17.7 Å². The van der Waals surface area contributed by atoms with Gasteiger partial charge < -0.3 is 10.6 Å². The Morgan fingerprint density at radius 3 is 2.89 bits per heavy atom. The predicted molar refractivity (Wildman–Crippen MR) is 74.7 cm³/mol. The molecule has 3 rings (SSSR count). The standard InChI is InChI=1S/C14H17ClFN3/c1-14(10-4-5-12(16)11(15)6-10)8-18-13(17)19(14)7-9-2-3-9/h4-6,9H,2-3,7-8H2,1H3,(H2,17,18). The molecule has 0 amide bonds. The number of rotatable bonds is 3. The summed E-state index contributed by atoms with van der Waals surface area (Å²) in [7, 11) is 0. The van der Waals surface area contributed by atoms with Crippen LogP contribution in [0, 0.1) is 11.7 Å². The maximum atomic E-state index is 13.3. The van der Waals surface area contributed by atoms with Crippen molar-refractivity contribution in [3.8, 4) is 0 Å². The Morgan fingerprint density at radius 2 is 2.26 bits per heavy atom. The van der Waals surface area contributed by atoms with Gasteiger partial charge in [0.15, 0.2) is 5.96 Å². The number of hydrogen-bond donors (Lipinski definition) is 1. The van der Waals surface area contributed by atoms with E-state index in [1.54, 1.807) is 12.1 Å². The average molecular weight is 282 g/mol. The van der Waals surface area contributed by atoms with E-state index in [1.807, 2.05) is 0 Å². The maximum absolute atomic E-state index is 13.3. The summed E-state index contributed by atoms with van der Waals surface area (Å²) in [5, 5.41) is 0.149. The minimum atomic E-state index is -0.394. The molecule has 5 heteroatoms. The number of nitrogens with zero attached hydrogens (tertiary/aromatic N) is 2. The van der Waals surface area contributed by atoms with E-state index >= 15 is 0 Å². The molecule has 2 N–H and O–H groups in total. The van der Waals surface area contributed by atoms with Gasteiger partial charge in [0.25, 0.3) is 0 Å². The Kier molecular flexibility index (Phi) is 2.93. The number of nitrogens with two attached hydrogens (primary N) is 1. The molecule has 0 saturated heterocycles. The molecule has 0 spiro atoms. The van der Waals surface area contributed by atoms with E-state index in [-0.39, 0.29) is 10.6 Å². The molecule has 2 aliphatic rings. The first-order chi connectivity index (χ1) is 9.00. The molecule has 1 heterocycles. The van der Waals surface area contributed by atoms with Gasteiger partial charge in [0.05, 0.1) is 17.1 Å². The SMILES string of the molecule is CC1(c2ccc(F)c(Cl)c2)CN=C(N)N1CC1CC1. The first-order valence-electron chi connectivity index (χ1n) is 6.54. The third-order valence-electron chi connectivity index (χ3n) is 4.10. The summed E-state index contributed by atoms with van der Waals surface area (Å²) in [5.41, 5.74) is 6.65. The molecule has 1 unspecified atom stereocenters. The van der Waals surface area contributed by atoms with Crippen LogP contribution in [0.5, 0.6) is 0 Å². The third kappa shape index (κ3) is 2.18. The monoisotopic (exact) mass is 281 g/mol. The second-order valence-electron chi connectivity index (χ2n) is 5.63. The van der Waals surface area contributed by atoms with Crippen molar-refractivity contribution in [2.45, 2.75) is 25.3 Å². The van der Waals surface area contributed by atoms with Crippen LogP contribution in [0.4, 0.5) is 4.39 Å². The second-order valence-corrected chi connectivity index (χ2v) is 6.04. The lowest BCUT2D eigenvalue weighted by Crippen LogP contribution is -2.48. The molecule has 1 saturated carbocycles. The molecule has 1 aliphatic heterocycles. The first-order valence-corrected chi connectivity index (χ1v) is 6.91. The van der Waals surface area contributed by atoms with Gasteiger partial charge in [0.2, 0.25) is 0 Å². The Balaban J connectivity index is 1.93. The van der Waals surface area contributed by atoms with Crippen LogP contribution >= 0.6 is 11.6 Å². The van der Waals surface area contributed by atoms with Crippen LogP contribution in [0.1, 0.15) is 25.3 Å². The quantitative estimate of drug-likeness (QED) is 0.926. The Morgan fingerprint density at radius 1 is 1.53 bits per heavy atom. The molecule has 1 aliphatic carbocycles. The smallest absolute Gasteiger partial charge is 0.192 e. The van der Waals surface area contributed by atoms with Gasteiger partial charge in [-0.25, -0.2) is 4.39 Å². The number of benzene rings is 1. The first kappa shape index (κ1) is 12.7. The van der Waals surface area contributed by atoms with Crippen molar-refractivity contribution in [1.82, 2.24) is 4.90 Å². The molecule has 1 fully saturated rings. The summed E-state index contributed by atoms with van der Waals surface area (Å²) in [6.45, 7) is 3.59. The Bertz CT molecular complexity index is 541. The van der Waals surface area contributed by atoms with Gasteiger partial charge in [0.1, 0.15) is 5.82 Å². The number of hydrogen-bond acceptors (Lipinski definition) is 3. The van der Waals surface area contributed by atoms with Crippen molar-refractivity contribution >= 4 is 17.6 Å². The van der Waals surface area contributed by atoms with E-state index in [1.165, 1.54) is 18.9 Å². The van der Waals surface area contributed by atoms with Crippen LogP contribution in [0.3, 0.4) is 0 Å². The van der Waals surface area contributed by atoms with Crippen molar-refractivity contribution < 1.29 is 4.39 Å². The molecule has 0 radical (unpaired) electrons. The zero-order valence-corrected chi connectivity index (χ0v) is 11.6. The number of halogens is 2. The highest BCUT2D eigenvalue weighted by atomic mass is 35.5. The average Bonchev–Trinajstić information content (AvgIpc) is 3.15. The second kappa shape index (κ2) is 4.37. The van der Waals surface area contributed by atoms with Crippen molar-refractivity contribution in [2.24, 2.45) is 16.6 Å². The fourth-order valence-electron chi connectivity index (χ4n) is 2.59. The molecule has 102 valence electrons. The van der Waals surface area contributed by atoms with Crippen LogP contribution in [0.25, 0.3) is 0 Å². The van der Waals surface area contributed by atoms with E-state index in [4.69, 9.17) is 17.3 Å². The van der Waals surface area contributed by atoms with E-state index < -0.39 is 5.82 Å². The summed E-state index contributed by atoms with van der Waals surface area (Å²) >= 11 is 5.89. The van der Waals surface area contributed by atoms with E-state index in [2.05, 4.69) is 16.8 Å². The molecule has 0 aromatic heterocycles. The van der Waals surface area contributed by atoms with Crippen molar-refractivity contribution in [3.63, 3.8) is 0 Å². The van der Waals surface area contributed by atoms with E-state index in [0.29, 0.717) is 18.4 Å². The fourth-order valence-corrected chi connectivity index (χ4v) is 2.77. The molecular weight excluding hydrogens is 265 g/mol. The van der Waals surface area contributed by atoms with Gasteiger partial charge in [0, 0.05) is 6.54 Å². The van der Waals surface area contributed by atoms with Crippen LogP contribution < -0.4 is 5.73 Å². The van der Waals surface area contributed by atoms with Crippen LogP contribution in [0.15, 0.2) is 23.2 Å². The molecule has 19 heavy (non-hydrogen) atoms. The zero-order chi connectivity index (χ0) is 13.6. The largest absolute Gasteiger partial charge is 0.370 e. The van der Waals surface area contributed by atoms with Crippen LogP contribution in [-0.2, 0) is 5.54 Å². The molecule has 1 atom stereocenters. The van der Waals surface area contributed by atoms with Gasteiger partial charge in [-0.3, -0.25) is 4.99 Å². The lowest BCUT2D eigenvalue weighted by atomic mass is 9.91. The summed E-state index contributed by atoms with van der Waals surface area (Å²) < 4.78 is 13.3. The topological polar surface area (TPSA) is 41.6 Å². The summed E-state index contributed by atoms with van der Waals surface area (Å²) in [4.78, 5) is 6.50.